The lowest BCUT2D eigenvalue weighted by Gasteiger charge is -2.22. The van der Waals surface area contributed by atoms with Crippen molar-refractivity contribution in [1.29, 1.82) is 0 Å². The molecule has 0 spiro atoms. The van der Waals surface area contributed by atoms with Crippen molar-refractivity contribution in [3.8, 4) is 22.3 Å². The monoisotopic (exact) mass is 362 g/mol. The molecule has 2 heteroatoms. The average molecular weight is 362 g/mol. The lowest BCUT2D eigenvalue weighted by Crippen LogP contribution is -2.23. The van der Waals surface area contributed by atoms with Gasteiger partial charge in [0, 0.05) is 7.05 Å². The van der Waals surface area contributed by atoms with Crippen LogP contribution in [0.3, 0.4) is 0 Å². The number of fused-ring (bicyclic) bond motifs is 1. The molecule has 1 aliphatic rings. The SMILES string of the molecule is CN1c2cc(-c3ccccc3)c(-c3ccccc3)cc2NC1c1ccccc1. The maximum Gasteiger partial charge on any atom is 0.125 e. The Hall–Kier alpha value is -3.52. The second-order valence-electron chi connectivity index (χ2n) is 7.22. The van der Waals surface area contributed by atoms with Crippen LogP contribution < -0.4 is 10.2 Å². The first-order valence-electron chi connectivity index (χ1n) is 9.64. The summed E-state index contributed by atoms with van der Waals surface area (Å²) in [5, 5.41) is 3.72. The average Bonchev–Trinajstić information content (AvgIpc) is 3.10. The van der Waals surface area contributed by atoms with Crippen molar-refractivity contribution in [2.45, 2.75) is 6.17 Å². The molecule has 0 aromatic heterocycles. The molecule has 1 atom stereocenters. The molecule has 0 saturated heterocycles. The Morgan fingerprint density at radius 2 is 1.14 bits per heavy atom. The molecule has 1 N–H and O–H groups in total. The number of rotatable bonds is 3. The molecule has 0 radical (unpaired) electrons. The topological polar surface area (TPSA) is 15.3 Å². The van der Waals surface area contributed by atoms with Gasteiger partial charge in [0.25, 0.3) is 0 Å². The highest BCUT2D eigenvalue weighted by Gasteiger charge is 2.28. The summed E-state index contributed by atoms with van der Waals surface area (Å²) in [5.74, 6) is 0. The van der Waals surface area contributed by atoms with Crippen LogP contribution in [0, 0.1) is 0 Å². The molecular weight excluding hydrogens is 340 g/mol. The van der Waals surface area contributed by atoms with Gasteiger partial charge >= 0.3 is 0 Å². The minimum absolute atomic E-state index is 0.144. The van der Waals surface area contributed by atoms with Crippen LogP contribution in [0.25, 0.3) is 22.3 Å². The van der Waals surface area contributed by atoms with Gasteiger partial charge in [-0.15, -0.1) is 0 Å². The zero-order valence-electron chi connectivity index (χ0n) is 15.8. The molecule has 4 aromatic carbocycles. The first-order chi connectivity index (χ1) is 13.8. The summed E-state index contributed by atoms with van der Waals surface area (Å²) in [4.78, 5) is 2.33. The van der Waals surface area contributed by atoms with Crippen molar-refractivity contribution in [3.05, 3.63) is 109 Å². The van der Waals surface area contributed by atoms with E-state index in [0.29, 0.717) is 0 Å². The largest absolute Gasteiger partial charge is 0.360 e. The number of benzene rings is 4. The molecule has 1 unspecified atom stereocenters. The van der Waals surface area contributed by atoms with Crippen LogP contribution >= 0.6 is 0 Å². The van der Waals surface area contributed by atoms with Gasteiger partial charge in [-0.1, -0.05) is 91.0 Å². The maximum absolute atomic E-state index is 3.72. The van der Waals surface area contributed by atoms with Crippen LogP contribution in [0.5, 0.6) is 0 Å². The van der Waals surface area contributed by atoms with Gasteiger partial charge in [0.1, 0.15) is 6.17 Å². The number of hydrogen-bond donors (Lipinski definition) is 1. The molecule has 0 saturated carbocycles. The van der Waals surface area contributed by atoms with Gasteiger partial charge in [-0.3, -0.25) is 0 Å². The zero-order chi connectivity index (χ0) is 18.9. The molecule has 0 bridgehead atoms. The fourth-order valence-corrected chi connectivity index (χ4v) is 4.03. The van der Waals surface area contributed by atoms with Gasteiger partial charge in [0.2, 0.25) is 0 Å². The molecule has 28 heavy (non-hydrogen) atoms. The summed E-state index contributed by atoms with van der Waals surface area (Å²) >= 11 is 0. The molecule has 0 amide bonds. The van der Waals surface area contributed by atoms with Crippen molar-refractivity contribution in [2.75, 3.05) is 17.3 Å². The Labute approximate surface area is 166 Å². The second-order valence-corrected chi connectivity index (χ2v) is 7.22. The molecule has 5 rings (SSSR count). The lowest BCUT2D eigenvalue weighted by atomic mass is 9.93. The highest BCUT2D eigenvalue weighted by atomic mass is 15.3. The fourth-order valence-electron chi connectivity index (χ4n) is 4.03. The highest BCUT2D eigenvalue weighted by Crippen LogP contribution is 2.46. The Kier molecular flexibility index (Phi) is 4.10. The zero-order valence-corrected chi connectivity index (χ0v) is 15.8. The van der Waals surface area contributed by atoms with E-state index < -0.39 is 0 Å². The van der Waals surface area contributed by atoms with E-state index in [1.165, 1.54) is 39.2 Å². The van der Waals surface area contributed by atoms with E-state index in [4.69, 9.17) is 0 Å². The summed E-state index contributed by atoms with van der Waals surface area (Å²) < 4.78 is 0. The van der Waals surface area contributed by atoms with E-state index in [0.717, 1.165) is 0 Å². The van der Waals surface area contributed by atoms with E-state index in [9.17, 15) is 0 Å². The Balaban J connectivity index is 1.67. The van der Waals surface area contributed by atoms with Crippen molar-refractivity contribution in [2.24, 2.45) is 0 Å². The van der Waals surface area contributed by atoms with E-state index in [1.807, 2.05) is 0 Å². The minimum atomic E-state index is 0.144. The quantitative estimate of drug-likeness (QED) is 0.443. The van der Waals surface area contributed by atoms with Crippen LogP contribution in [-0.2, 0) is 0 Å². The van der Waals surface area contributed by atoms with Gasteiger partial charge in [-0.25, -0.2) is 0 Å². The third-order valence-electron chi connectivity index (χ3n) is 5.48. The number of nitrogens with zero attached hydrogens (tertiary/aromatic N) is 1. The third-order valence-corrected chi connectivity index (χ3v) is 5.48. The Morgan fingerprint density at radius 3 is 1.71 bits per heavy atom. The molecule has 0 aliphatic carbocycles. The van der Waals surface area contributed by atoms with Gasteiger partial charge in [0.15, 0.2) is 0 Å². The molecule has 2 nitrogen and oxygen atoms in total. The van der Waals surface area contributed by atoms with Crippen LogP contribution in [0.1, 0.15) is 11.7 Å². The summed E-state index contributed by atoms with van der Waals surface area (Å²) in [6, 6.07) is 36.5. The first kappa shape index (κ1) is 16.6. The molecule has 1 aliphatic heterocycles. The Bertz CT molecular complexity index is 1090. The highest BCUT2D eigenvalue weighted by molar-refractivity contribution is 5.93. The summed E-state index contributed by atoms with van der Waals surface area (Å²) in [6.07, 6.45) is 0.144. The molecule has 4 aromatic rings. The number of hydrogen-bond acceptors (Lipinski definition) is 2. The summed E-state index contributed by atoms with van der Waals surface area (Å²) in [6.45, 7) is 0. The van der Waals surface area contributed by atoms with Gasteiger partial charge in [0.05, 0.1) is 11.4 Å². The molecule has 136 valence electrons. The number of nitrogens with one attached hydrogen (secondary N) is 1. The lowest BCUT2D eigenvalue weighted by molar-refractivity contribution is 0.792. The second kappa shape index (κ2) is 6.90. The predicted molar refractivity (Wildman–Crippen MR) is 119 cm³/mol. The Morgan fingerprint density at radius 1 is 0.643 bits per heavy atom. The van der Waals surface area contributed by atoms with Gasteiger partial charge in [-0.2, -0.15) is 0 Å². The fraction of sp³-hybridized carbons (Fsp3) is 0.0769. The third kappa shape index (κ3) is 2.84. The van der Waals surface area contributed by atoms with Crippen molar-refractivity contribution in [1.82, 2.24) is 0 Å². The van der Waals surface area contributed by atoms with Crippen molar-refractivity contribution >= 4 is 11.4 Å². The summed E-state index contributed by atoms with van der Waals surface area (Å²) in [5.41, 5.74) is 8.65. The predicted octanol–water partition coefficient (Wildman–Crippen LogP) is 6.58. The van der Waals surface area contributed by atoms with E-state index >= 15 is 0 Å². The minimum Gasteiger partial charge on any atom is -0.360 e. The first-order valence-corrected chi connectivity index (χ1v) is 9.64. The van der Waals surface area contributed by atoms with Crippen molar-refractivity contribution in [3.63, 3.8) is 0 Å². The van der Waals surface area contributed by atoms with Crippen LogP contribution in [0.4, 0.5) is 11.4 Å². The molecule has 1 heterocycles. The standard InChI is InChI=1S/C26H22N2/c1-28-25-18-23(20-13-7-3-8-14-20)22(19-11-5-2-6-12-19)17-24(25)27-26(28)21-15-9-4-10-16-21/h2-18,26-27H,1H3. The van der Waals surface area contributed by atoms with Crippen molar-refractivity contribution < 1.29 is 0 Å². The van der Waals surface area contributed by atoms with Crippen LogP contribution in [0.2, 0.25) is 0 Å². The van der Waals surface area contributed by atoms with Gasteiger partial charge < -0.3 is 10.2 Å². The van der Waals surface area contributed by atoms with E-state index in [-0.39, 0.29) is 6.17 Å². The normalized spacial score (nSPS) is 15.2. The molecular formula is C26H22N2. The summed E-state index contributed by atoms with van der Waals surface area (Å²) in [7, 11) is 2.16. The smallest absolute Gasteiger partial charge is 0.125 e. The van der Waals surface area contributed by atoms with E-state index in [2.05, 4.69) is 120 Å². The van der Waals surface area contributed by atoms with Gasteiger partial charge in [-0.05, 0) is 39.9 Å². The maximum atomic E-state index is 3.72. The van der Waals surface area contributed by atoms with Crippen LogP contribution in [-0.4, -0.2) is 7.05 Å². The molecule has 0 fully saturated rings. The number of anilines is 2. The van der Waals surface area contributed by atoms with E-state index in [1.54, 1.807) is 0 Å². The van der Waals surface area contributed by atoms with Crippen LogP contribution in [0.15, 0.2) is 103 Å².